The first-order chi connectivity index (χ1) is 9.28. The molecular formula is C12H17F7O2. The molecule has 9 heteroatoms. The Hall–Kier alpha value is -1.02. The summed E-state index contributed by atoms with van der Waals surface area (Å²) in [5.41, 5.74) is -1.07. The van der Waals surface area contributed by atoms with Gasteiger partial charge in [0, 0.05) is 12.8 Å². The van der Waals surface area contributed by atoms with Crippen molar-refractivity contribution in [2.75, 3.05) is 0 Å². The molecule has 0 saturated carbocycles. The molecule has 0 aromatic carbocycles. The number of hydrogen-bond acceptors (Lipinski definition) is 2. The second kappa shape index (κ2) is 6.83. The van der Waals surface area contributed by atoms with Gasteiger partial charge in [0.2, 0.25) is 6.36 Å². The van der Waals surface area contributed by atoms with Crippen LogP contribution < -0.4 is 0 Å². The Morgan fingerprint density at radius 2 is 1.57 bits per heavy atom. The largest absolute Gasteiger partial charge is 0.431 e. The normalized spacial score (nSPS) is 15.2. The number of hydrogen-bond donors (Lipinski definition) is 0. The van der Waals surface area contributed by atoms with E-state index in [9.17, 15) is 35.5 Å². The minimum Gasteiger partial charge on any atom is -0.431 e. The highest BCUT2D eigenvalue weighted by molar-refractivity contribution is 5.75. The minimum atomic E-state index is -5.57. The van der Waals surface area contributed by atoms with Crippen LogP contribution in [-0.4, -0.2) is 30.6 Å². The molecule has 0 rings (SSSR count). The maximum absolute atomic E-state index is 13.2. The molecule has 2 nitrogen and oxygen atoms in total. The number of esters is 1. The van der Waals surface area contributed by atoms with Gasteiger partial charge >= 0.3 is 24.2 Å². The van der Waals surface area contributed by atoms with Gasteiger partial charge in [0.15, 0.2) is 0 Å². The Labute approximate surface area is 117 Å². The summed E-state index contributed by atoms with van der Waals surface area (Å²) in [4.78, 5) is 11.4. The fraction of sp³-hybridized carbons (Fsp3) is 0.917. The van der Waals surface area contributed by atoms with Gasteiger partial charge in [0.25, 0.3) is 0 Å². The number of carbonyl (C=O) groups is 1. The Bertz CT molecular complexity index is 356. The predicted octanol–water partition coefficient (Wildman–Crippen LogP) is 4.58. The topological polar surface area (TPSA) is 26.3 Å². The molecule has 0 saturated heterocycles. The van der Waals surface area contributed by atoms with Gasteiger partial charge in [0.05, 0.1) is 5.41 Å². The molecule has 0 N–H and O–H groups in total. The number of halogens is 7. The van der Waals surface area contributed by atoms with Gasteiger partial charge in [-0.25, -0.2) is 13.2 Å². The van der Waals surface area contributed by atoms with E-state index < -0.39 is 48.9 Å². The number of ether oxygens (including phenoxy) is 1. The fourth-order valence-electron chi connectivity index (χ4n) is 1.10. The summed E-state index contributed by atoms with van der Waals surface area (Å²) in [6.45, 7) is 4.44. The van der Waals surface area contributed by atoms with Crippen molar-refractivity contribution in [3.05, 3.63) is 0 Å². The lowest BCUT2D eigenvalue weighted by atomic mass is 9.91. The van der Waals surface area contributed by atoms with Crippen molar-refractivity contribution >= 4 is 5.97 Å². The second-order valence-corrected chi connectivity index (χ2v) is 5.22. The van der Waals surface area contributed by atoms with Crippen LogP contribution in [-0.2, 0) is 9.53 Å². The highest BCUT2D eigenvalue weighted by atomic mass is 19.3. The van der Waals surface area contributed by atoms with Crippen LogP contribution in [0.1, 0.15) is 40.0 Å². The quantitative estimate of drug-likeness (QED) is 0.482. The molecule has 0 aromatic rings. The molecule has 0 spiro atoms. The lowest BCUT2D eigenvalue weighted by molar-refractivity contribution is -0.268. The first-order valence-electron chi connectivity index (χ1n) is 6.17. The van der Waals surface area contributed by atoms with E-state index in [2.05, 4.69) is 4.74 Å². The van der Waals surface area contributed by atoms with Gasteiger partial charge < -0.3 is 4.74 Å². The Morgan fingerprint density at radius 3 is 1.95 bits per heavy atom. The van der Waals surface area contributed by atoms with Gasteiger partial charge in [0.1, 0.15) is 0 Å². The highest BCUT2D eigenvalue weighted by Crippen LogP contribution is 2.42. The molecule has 0 heterocycles. The average molecular weight is 326 g/mol. The smallest absolute Gasteiger partial charge is 0.369 e. The number of rotatable bonds is 8. The molecule has 1 unspecified atom stereocenters. The van der Waals surface area contributed by atoms with E-state index >= 15 is 0 Å². The standard InChI is InChI=1S/C12H17F7O2/c1-4-10(2,3)9(20)21-7(13)5-6-11(16,17)12(18,19)8(14)15/h7-8H,4-6H2,1-3H3. The van der Waals surface area contributed by atoms with Gasteiger partial charge in [-0.3, -0.25) is 4.79 Å². The third kappa shape index (κ3) is 5.03. The number of carbonyl (C=O) groups excluding carboxylic acids is 1. The highest BCUT2D eigenvalue weighted by Gasteiger charge is 2.62. The molecule has 0 amide bonds. The van der Waals surface area contributed by atoms with Crippen LogP contribution in [0.25, 0.3) is 0 Å². The minimum absolute atomic E-state index is 0.276. The lowest BCUT2D eigenvalue weighted by Gasteiger charge is -2.26. The van der Waals surface area contributed by atoms with E-state index in [-0.39, 0.29) is 6.42 Å². The van der Waals surface area contributed by atoms with E-state index in [1.165, 1.54) is 13.8 Å². The molecule has 0 radical (unpaired) electrons. The summed E-state index contributed by atoms with van der Waals surface area (Å²) in [7, 11) is 0. The Balaban J connectivity index is 4.56. The van der Waals surface area contributed by atoms with Crippen molar-refractivity contribution in [3.63, 3.8) is 0 Å². The Kier molecular flexibility index (Phi) is 6.50. The molecule has 0 aliphatic rings. The first kappa shape index (κ1) is 20.0. The van der Waals surface area contributed by atoms with E-state index in [4.69, 9.17) is 0 Å². The second-order valence-electron chi connectivity index (χ2n) is 5.22. The summed E-state index contributed by atoms with van der Waals surface area (Å²) in [6, 6.07) is 0. The van der Waals surface area contributed by atoms with Crippen LogP contribution in [0.3, 0.4) is 0 Å². The summed E-state index contributed by atoms with van der Waals surface area (Å²) in [5, 5.41) is 0. The first-order valence-corrected chi connectivity index (χ1v) is 6.17. The molecule has 1 atom stereocenters. The molecule has 0 bridgehead atoms. The van der Waals surface area contributed by atoms with Crippen molar-refractivity contribution in [2.45, 2.75) is 64.7 Å². The molecule has 126 valence electrons. The van der Waals surface area contributed by atoms with Crippen LogP contribution >= 0.6 is 0 Å². The maximum Gasteiger partial charge on any atom is 0.369 e. The van der Waals surface area contributed by atoms with Crippen LogP contribution in [0.4, 0.5) is 30.7 Å². The zero-order chi connectivity index (χ0) is 17.1. The molecule has 0 aromatic heterocycles. The van der Waals surface area contributed by atoms with Crippen molar-refractivity contribution in [1.29, 1.82) is 0 Å². The van der Waals surface area contributed by atoms with Gasteiger partial charge in [-0.1, -0.05) is 6.92 Å². The SMILES string of the molecule is CCC(C)(C)C(=O)OC(F)CCC(F)(F)C(F)(F)C(F)F. The van der Waals surface area contributed by atoms with Gasteiger partial charge in [-0.2, -0.15) is 17.6 Å². The molecule has 0 fully saturated rings. The molecular weight excluding hydrogens is 309 g/mol. The van der Waals surface area contributed by atoms with Crippen molar-refractivity contribution in [2.24, 2.45) is 5.41 Å². The van der Waals surface area contributed by atoms with Crippen molar-refractivity contribution in [1.82, 2.24) is 0 Å². The third-order valence-electron chi connectivity index (χ3n) is 3.12. The van der Waals surface area contributed by atoms with Crippen LogP contribution in [0.15, 0.2) is 0 Å². The zero-order valence-corrected chi connectivity index (χ0v) is 11.7. The van der Waals surface area contributed by atoms with Crippen LogP contribution in [0.5, 0.6) is 0 Å². The van der Waals surface area contributed by atoms with Crippen molar-refractivity contribution in [3.8, 4) is 0 Å². The zero-order valence-electron chi connectivity index (χ0n) is 11.7. The summed E-state index contributed by atoms with van der Waals surface area (Å²) >= 11 is 0. The van der Waals surface area contributed by atoms with Gasteiger partial charge in [-0.15, -0.1) is 0 Å². The van der Waals surface area contributed by atoms with E-state index in [0.717, 1.165) is 0 Å². The van der Waals surface area contributed by atoms with Crippen LogP contribution in [0, 0.1) is 5.41 Å². The summed E-state index contributed by atoms with van der Waals surface area (Å²) < 4.78 is 92.0. The summed E-state index contributed by atoms with van der Waals surface area (Å²) in [5.74, 6) is -11.7. The van der Waals surface area contributed by atoms with E-state index in [0.29, 0.717) is 0 Å². The molecule has 0 aliphatic heterocycles. The Morgan fingerprint density at radius 1 is 1.10 bits per heavy atom. The van der Waals surface area contributed by atoms with Gasteiger partial charge in [-0.05, 0) is 20.3 Å². The monoisotopic (exact) mass is 326 g/mol. The van der Waals surface area contributed by atoms with Crippen molar-refractivity contribution < 1.29 is 40.3 Å². The average Bonchev–Trinajstić information content (AvgIpc) is 2.35. The van der Waals surface area contributed by atoms with E-state index in [1.54, 1.807) is 6.92 Å². The summed E-state index contributed by atoms with van der Waals surface area (Å²) in [6.07, 6.45) is -10.0. The van der Waals surface area contributed by atoms with Crippen LogP contribution in [0.2, 0.25) is 0 Å². The third-order valence-corrected chi connectivity index (χ3v) is 3.12. The molecule has 0 aliphatic carbocycles. The fourth-order valence-corrected chi connectivity index (χ4v) is 1.10. The maximum atomic E-state index is 13.2. The lowest BCUT2D eigenvalue weighted by Crippen LogP contribution is -2.46. The molecule has 21 heavy (non-hydrogen) atoms. The van der Waals surface area contributed by atoms with E-state index in [1.807, 2.05) is 0 Å². The predicted molar refractivity (Wildman–Crippen MR) is 60.2 cm³/mol. The number of alkyl halides is 7.